The summed E-state index contributed by atoms with van der Waals surface area (Å²) in [6.45, 7) is 4.56. The first-order valence-electron chi connectivity index (χ1n) is 5.86. The van der Waals surface area contributed by atoms with Crippen LogP contribution in [0.1, 0.15) is 13.8 Å². The Balaban J connectivity index is 2.34. The number of rotatable bonds is 7. The standard InChI is InChI=1S/C13H18ClNO3/c1-9(2)12(13(16)17)15-7-8-18-11-6-4-3-5-10(11)14/h3-6,9,12,15H,7-8H2,1-2H3,(H,16,17). The Morgan fingerprint density at radius 3 is 2.67 bits per heavy atom. The zero-order valence-corrected chi connectivity index (χ0v) is 11.3. The zero-order valence-electron chi connectivity index (χ0n) is 10.5. The highest BCUT2D eigenvalue weighted by Crippen LogP contribution is 2.22. The Hall–Kier alpha value is -1.26. The molecule has 0 saturated heterocycles. The van der Waals surface area contributed by atoms with Crippen LogP contribution in [0, 0.1) is 5.92 Å². The summed E-state index contributed by atoms with van der Waals surface area (Å²) >= 11 is 5.93. The number of hydrogen-bond acceptors (Lipinski definition) is 3. The predicted octanol–water partition coefficient (Wildman–Crippen LogP) is 2.42. The Bertz CT molecular complexity index is 396. The van der Waals surface area contributed by atoms with Crippen molar-refractivity contribution >= 4 is 17.6 Å². The molecule has 0 amide bonds. The highest BCUT2D eigenvalue weighted by molar-refractivity contribution is 6.32. The normalized spacial score (nSPS) is 12.4. The quantitative estimate of drug-likeness (QED) is 0.748. The van der Waals surface area contributed by atoms with E-state index in [4.69, 9.17) is 21.4 Å². The molecule has 0 heterocycles. The van der Waals surface area contributed by atoms with E-state index in [0.29, 0.717) is 23.9 Å². The molecule has 0 aliphatic heterocycles. The highest BCUT2D eigenvalue weighted by Gasteiger charge is 2.20. The van der Waals surface area contributed by atoms with Gasteiger partial charge in [0.2, 0.25) is 0 Å². The van der Waals surface area contributed by atoms with Gasteiger partial charge in [-0.05, 0) is 18.1 Å². The molecule has 0 fully saturated rings. The molecule has 0 radical (unpaired) electrons. The van der Waals surface area contributed by atoms with Gasteiger partial charge in [-0.1, -0.05) is 37.6 Å². The van der Waals surface area contributed by atoms with Crippen LogP contribution < -0.4 is 10.1 Å². The van der Waals surface area contributed by atoms with Crippen molar-refractivity contribution in [2.45, 2.75) is 19.9 Å². The molecule has 18 heavy (non-hydrogen) atoms. The van der Waals surface area contributed by atoms with E-state index in [2.05, 4.69) is 5.32 Å². The monoisotopic (exact) mass is 271 g/mol. The van der Waals surface area contributed by atoms with Gasteiger partial charge in [-0.2, -0.15) is 0 Å². The molecule has 1 atom stereocenters. The average molecular weight is 272 g/mol. The first-order valence-corrected chi connectivity index (χ1v) is 6.23. The van der Waals surface area contributed by atoms with Crippen LogP contribution in [-0.4, -0.2) is 30.3 Å². The lowest BCUT2D eigenvalue weighted by Crippen LogP contribution is -2.42. The number of carboxylic acid groups (broad SMARTS) is 1. The van der Waals surface area contributed by atoms with E-state index < -0.39 is 12.0 Å². The summed E-state index contributed by atoms with van der Waals surface area (Å²) in [5.41, 5.74) is 0. The van der Waals surface area contributed by atoms with Crippen molar-refractivity contribution in [1.29, 1.82) is 0 Å². The van der Waals surface area contributed by atoms with E-state index in [9.17, 15) is 4.79 Å². The fraction of sp³-hybridized carbons (Fsp3) is 0.462. The Labute approximate surface area is 112 Å². The molecule has 0 bridgehead atoms. The van der Waals surface area contributed by atoms with E-state index >= 15 is 0 Å². The second-order valence-electron chi connectivity index (χ2n) is 4.29. The Morgan fingerprint density at radius 2 is 2.11 bits per heavy atom. The van der Waals surface area contributed by atoms with Crippen molar-refractivity contribution < 1.29 is 14.6 Å². The Kier molecular flexibility index (Phi) is 5.95. The third-order valence-electron chi connectivity index (χ3n) is 2.49. The summed E-state index contributed by atoms with van der Waals surface area (Å²) in [6.07, 6.45) is 0. The predicted molar refractivity (Wildman–Crippen MR) is 71.2 cm³/mol. The van der Waals surface area contributed by atoms with Crippen LogP contribution in [-0.2, 0) is 4.79 Å². The maximum absolute atomic E-state index is 10.9. The fourth-order valence-electron chi connectivity index (χ4n) is 1.55. The van der Waals surface area contributed by atoms with Gasteiger partial charge in [0.15, 0.2) is 0 Å². The minimum absolute atomic E-state index is 0.0304. The lowest BCUT2D eigenvalue weighted by Gasteiger charge is -2.18. The van der Waals surface area contributed by atoms with E-state index in [0.717, 1.165) is 0 Å². The number of benzene rings is 1. The topological polar surface area (TPSA) is 58.6 Å². The van der Waals surface area contributed by atoms with Crippen LogP contribution >= 0.6 is 11.6 Å². The van der Waals surface area contributed by atoms with Gasteiger partial charge in [0.25, 0.3) is 0 Å². The third-order valence-corrected chi connectivity index (χ3v) is 2.81. The van der Waals surface area contributed by atoms with Crippen LogP contribution in [0.15, 0.2) is 24.3 Å². The van der Waals surface area contributed by atoms with E-state index in [1.165, 1.54) is 0 Å². The Morgan fingerprint density at radius 1 is 1.44 bits per heavy atom. The SMILES string of the molecule is CC(C)C(NCCOc1ccccc1Cl)C(=O)O. The third kappa shape index (κ3) is 4.55. The minimum Gasteiger partial charge on any atom is -0.491 e. The van der Waals surface area contributed by atoms with Gasteiger partial charge in [0.1, 0.15) is 18.4 Å². The molecule has 1 aromatic carbocycles. The summed E-state index contributed by atoms with van der Waals surface area (Å²) in [5, 5.41) is 12.5. The number of aliphatic carboxylic acids is 1. The molecule has 4 nitrogen and oxygen atoms in total. The largest absolute Gasteiger partial charge is 0.491 e. The number of carbonyl (C=O) groups is 1. The molecule has 5 heteroatoms. The maximum atomic E-state index is 10.9. The lowest BCUT2D eigenvalue weighted by molar-refractivity contribution is -0.140. The van der Waals surface area contributed by atoms with Crippen LogP contribution in [0.2, 0.25) is 5.02 Å². The molecule has 100 valence electrons. The molecule has 0 aliphatic carbocycles. The number of nitrogens with one attached hydrogen (secondary N) is 1. The molecular formula is C13H18ClNO3. The van der Waals surface area contributed by atoms with Crippen LogP contribution in [0.3, 0.4) is 0 Å². The van der Waals surface area contributed by atoms with Crippen LogP contribution in [0.5, 0.6) is 5.75 Å². The summed E-state index contributed by atoms with van der Waals surface area (Å²) in [6, 6.07) is 6.63. The van der Waals surface area contributed by atoms with Gasteiger partial charge in [0, 0.05) is 6.54 Å². The lowest BCUT2D eigenvalue weighted by atomic mass is 10.1. The van der Waals surface area contributed by atoms with Gasteiger partial charge in [-0.15, -0.1) is 0 Å². The first-order chi connectivity index (χ1) is 8.52. The molecule has 1 unspecified atom stereocenters. The van der Waals surface area contributed by atoms with Gasteiger partial charge in [-0.3, -0.25) is 4.79 Å². The van der Waals surface area contributed by atoms with Crippen molar-refractivity contribution in [2.24, 2.45) is 5.92 Å². The van der Waals surface area contributed by atoms with Gasteiger partial charge >= 0.3 is 5.97 Å². The van der Waals surface area contributed by atoms with E-state index in [1.54, 1.807) is 12.1 Å². The molecule has 0 aromatic heterocycles. The molecule has 0 spiro atoms. The molecule has 1 rings (SSSR count). The summed E-state index contributed by atoms with van der Waals surface area (Å²) < 4.78 is 5.46. The number of hydrogen-bond donors (Lipinski definition) is 2. The fourth-order valence-corrected chi connectivity index (χ4v) is 1.74. The molecule has 0 aliphatic rings. The number of ether oxygens (including phenoxy) is 1. The molecular weight excluding hydrogens is 254 g/mol. The second kappa shape index (κ2) is 7.24. The zero-order chi connectivity index (χ0) is 13.5. The smallest absolute Gasteiger partial charge is 0.320 e. The molecule has 0 saturated carbocycles. The number of halogens is 1. The average Bonchev–Trinajstić information content (AvgIpc) is 2.30. The second-order valence-corrected chi connectivity index (χ2v) is 4.70. The van der Waals surface area contributed by atoms with E-state index in [1.807, 2.05) is 26.0 Å². The summed E-state index contributed by atoms with van der Waals surface area (Å²) in [7, 11) is 0. The molecule has 2 N–H and O–H groups in total. The first kappa shape index (κ1) is 14.8. The maximum Gasteiger partial charge on any atom is 0.320 e. The van der Waals surface area contributed by atoms with Crippen molar-refractivity contribution in [3.63, 3.8) is 0 Å². The van der Waals surface area contributed by atoms with Crippen LogP contribution in [0.4, 0.5) is 0 Å². The minimum atomic E-state index is -0.845. The van der Waals surface area contributed by atoms with Crippen molar-refractivity contribution in [1.82, 2.24) is 5.32 Å². The number of carboxylic acids is 1. The van der Waals surface area contributed by atoms with Crippen LogP contribution in [0.25, 0.3) is 0 Å². The highest BCUT2D eigenvalue weighted by atomic mass is 35.5. The number of para-hydroxylation sites is 1. The van der Waals surface area contributed by atoms with Crippen molar-refractivity contribution in [2.75, 3.05) is 13.2 Å². The van der Waals surface area contributed by atoms with Gasteiger partial charge in [-0.25, -0.2) is 0 Å². The van der Waals surface area contributed by atoms with Gasteiger partial charge < -0.3 is 15.2 Å². The summed E-state index contributed by atoms with van der Waals surface area (Å²) in [4.78, 5) is 10.9. The van der Waals surface area contributed by atoms with E-state index in [-0.39, 0.29) is 5.92 Å². The molecule has 1 aromatic rings. The van der Waals surface area contributed by atoms with Crippen molar-refractivity contribution in [3.8, 4) is 5.75 Å². The van der Waals surface area contributed by atoms with Crippen molar-refractivity contribution in [3.05, 3.63) is 29.3 Å². The van der Waals surface area contributed by atoms with Gasteiger partial charge in [0.05, 0.1) is 5.02 Å². The summed E-state index contributed by atoms with van der Waals surface area (Å²) in [5.74, 6) is -0.206.